The molecule has 0 aliphatic carbocycles. The number of nitrogens with zero attached hydrogens (tertiary/aromatic N) is 1. The van der Waals surface area contributed by atoms with Crippen molar-refractivity contribution in [2.45, 2.75) is 6.92 Å². The average Bonchev–Trinajstić information content (AvgIpc) is 2.45. The number of hydrogen-bond donors (Lipinski definition) is 1. The van der Waals surface area contributed by atoms with Crippen molar-refractivity contribution >= 4 is 17.2 Å². The Hall–Kier alpha value is -1.77. The first-order chi connectivity index (χ1) is 6.24. The summed E-state index contributed by atoms with van der Waals surface area (Å²) >= 11 is 0. The third-order valence-electron chi connectivity index (χ3n) is 2.22. The summed E-state index contributed by atoms with van der Waals surface area (Å²) < 4.78 is 1.48. The van der Waals surface area contributed by atoms with E-state index in [4.69, 9.17) is 5.84 Å². The zero-order chi connectivity index (χ0) is 9.42. The Morgan fingerprint density at radius 1 is 1.46 bits per heavy atom. The van der Waals surface area contributed by atoms with E-state index in [-0.39, 0.29) is 0 Å². The molecule has 0 aliphatic rings. The minimum absolute atomic E-state index is 0.649. The van der Waals surface area contributed by atoms with Gasteiger partial charge in [0.2, 0.25) is 0 Å². The van der Waals surface area contributed by atoms with Crippen molar-refractivity contribution in [3.05, 3.63) is 35.5 Å². The van der Waals surface area contributed by atoms with Gasteiger partial charge in [-0.2, -0.15) is 0 Å². The van der Waals surface area contributed by atoms with Crippen molar-refractivity contribution in [1.82, 2.24) is 4.68 Å². The van der Waals surface area contributed by atoms with Crippen LogP contribution in [0.5, 0.6) is 0 Å². The normalized spacial score (nSPS) is 10.5. The van der Waals surface area contributed by atoms with Gasteiger partial charge in [-0.05, 0) is 18.6 Å². The zero-order valence-electron chi connectivity index (χ0n) is 7.32. The molecule has 13 heavy (non-hydrogen) atoms. The molecule has 0 saturated carbocycles. The minimum Gasteiger partial charge on any atom is -0.339 e. The molecule has 0 unspecified atom stereocenters. The van der Waals surface area contributed by atoms with E-state index in [1.165, 1.54) is 4.68 Å². The first-order valence-corrected chi connectivity index (χ1v) is 4.05. The van der Waals surface area contributed by atoms with Gasteiger partial charge in [-0.3, -0.25) is 9.47 Å². The lowest BCUT2D eigenvalue weighted by Crippen LogP contribution is -2.04. The monoisotopic (exact) mass is 174 g/mol. The SMILES string of the molecule is Cc1cccc2c1c(C=O)cn2N. The molecule has 2 rings (SSSR count). The Bertz CT molecular complexity index is 471. The fraction of sp³-hybridized carbons (Fsp3) is 0.100. The van der Waals surface area contributed by atoms with Gasteiger partial charge in [0.25, 0.3) is 0 Å². The lowest BCUT2D eigenvalue weighted by Gasteiger charge is -1.97. The second kappa shape index (κ2) is 2.62. The molecule has 0 saturated heterocycles. The number of hydrogen-bond acceptors (Lipinski definition) is 2. The van der Waals surface area contributed by atoms with Crippen molar-refractivity contribution in [3.63, 3.8) is 0 Å². The molecule has 1 aromatic heterocycles. The predicted octanol–water partition coefficient (Wildman–Crippen LogP) is 1.48. The largest absolute Gasteiger partial charge is 0.339 e. The number of aryl methyl sites for hydroxylation is 1. The van der Waals surface area contributed by atoms with E-state index >= 15 is 0 Å². The maximum Gasteiger partial charge on any atom is 0.152 e. The van der Waals surface area contributed by atoms with Gasteiger partial charge in [0.15, 0.2) is 6.29 Å². The highest BCUT2D eigenvalue weighted by Crippen LogP contribution is 2.21. The van der Waals surface area contributed by atoms with E-state index in [9.17, 15) is 4.79 Å². The Kier molecular flexibility index (Phi) is 1.59. The maximum atomic E-state index is 10.7. The summed E-state index contributed by atoms with van der Waals surface area (Å²) in [5, 5.41) is 0.944. The second-order valence-corrected chi connectivity index (χ2v) is 3.08. The first-order valence-electron chi connectivity index (χ1n) is 4.05. The zero-order valence-corrected chi connectivity index (χ0v) is 7.32. The van der Waals surface area contributed by atoms with E-state index in [2.05, 4.69) is 0 Å². The lowest BCUT2D eigenvalue weighted by atomic mass is 10.1. The van der Waals surface area contributed by atoms with Crippen LogP contribution in [0.3, 0.4) is 0 Å². The van der Waals surface area contributed by atoms with Crippen LogP contribution >= 0.6 is 0 Å². The van der Waals surface area contributed by atoms with Crippen LogP contribution in [0.4, 0.5) is 0 Å². The molecule has 3 heteroatoms. The number of nitrogen functional groups attached to an aromatic ring is 1. The van der Waals surface area contributed by atoms with Gasteiger partial charge in [-0.1, -0.05) is 12.1 Å². The molecule has 0 radical (unpaired) electrons. The van der Waals surface area contributed by atoms with E-state index in [1.54, 1.807) is 6.20 Å². The fourth-order valence-electron chi connectivity index (χ4n) is 1.62. The van der Waals surface area contributed by atoms with Crippen molar-refractivity contribution in [3.8, 4) is 0 Å². The number of aldehydes is 1. The van der Waals surface area contributed by atoms with Crippen molar-refractivity contribution in [2.75, 3.05) is 5.84 Å². The molecule has 66 valence electrons. The van der Waals surface area contributed by atoms with E-state index in [0.29, 0.717) is 5.56 Å². The summed E-state index contributed by atoms with van der Waals surface area (Å²) in [5.41, 5.74) is 2.61. The topological polar surface area (TPSA) is 48.0 Å². The molecular formula is C10H10N2O. The number of benzene rings is 1. The van der Waals surface area contributed by atoms with Crippen LogP contribution in [-0.2, 0) is 0 Å². The van der Waals surface area contributed by atoms with Crippen LogP contribution in [0.15, 0.2) is 24.4 Å². The molecule has 0 fully saturated rings. The predicted molar refractivity (Wildman–Crippen MR) is 52.2 cm³/mol. The van der Waals surface area contributed by atoms with E-state index < -0.39 is 0 Å². The van der Waals surface area contributed by atoms with Gasteiger partial charge in [-0.15, -0.1) is 0 Å². The van der Waals surface area contributed by atoms with Gasteiger partial charge < -0.3 is 5.84 Å². The number of rotatable bonds is 1. The van der Waals surface area contributed by atoms with Gasteiger partial charge >= 0.3 is 0 Å². The van der Waals surface area contributed by atoms with Gasteiger partial charge in [-0.25, -0.2) is 0 Å². The van der Waals surface area contributed by atoms with Crippen molar-refractivity contribution in [2.24, 2.45) is 0 Å². The summed E-state index contributed by atoms with van der Waals surface area (Å²) in [6.45, 7) is 1.97. The molecule has 1 heterocycles. The van der Waals surface area contributed by atoms with Crippen LogP contribution in [0.1, 0.15) is 15.9 Å². The average molecular weight is 174 g/mol. The highest BCUT2D eigenvalue weighted by atomic mass is 16.1. The minimum atomic E-state index is 0.649. The molecule has 0 bridgehead atoms. The van der Waals surface area contributed by atoms with E-state index in [1.807, 2.05) is 25.1 Å². The van der Waals surface area contributed by atoms with Crippen LogP contribution in [-0.4, -0.2) is 11.0 Å². The molecule has 3 nitrogen and oxygen atoms in total. The number of fused-ring (bicyclic) bond motifs is 1. The molecule has 2 N–H and O–H groups in total. The smallest absolute Gasteiger partial charge is 0.152 e. The molecule has 2 aromatic rings. The summed E-state index contributed by atoms with van der Waals surface area (Å²) in [4.78, 5) is 10.7. The number of carbonyl (C=O) groups excluding carboxylic acids is 1. The second-order valence-electron chi connectivity index (χ2n) is 3.08. The third kappa shape index (κ3) is 1.01. The van der Waals surface area contributed by atoms with Crippen LogP contribution in [0, 0.1) is 6.92 Å². The highest BCUT2D eigenvalue weighted by Gasteiger charge is 2.07. The molecule has 0 spiro atoms. The van der Waals surface area contributed by atoms with Gasteiger partial charge in [0.1, 0.15) is 0 Å². The van der Waals surface area contributed by atoms with E-state index in [0.717, 1.165) is 22.8 Å². The lowest BCUT2D eigenvalue weighted by molar-refractivity contribution is 0.112. The number of aromatic nitrogens is 1. The van der Waals surface area contributed by atoms with Crippen LogP contribution in [0.2, 0.25) is 0 Å². The van der Waals surface area contributed by atoms with Crippen molar-refractivity contribution < 1.29 is 4.79 Å². The first kappa shape index (κ1) is 7.86. The third-order valence-corrected chi connectivity index (χ3v) is 2.22. The van der Waals surface area contributed by atoms with Crippen molar-refractivity contribution in [1.29, 1.82) is 0 Å². The quantitative estimate of drug-likeness (QED) is 0.525. The standard InChI is InChI=1S/C10H10N2O/c1-7-3-2-4-9-10(7)8(6-13)5-12(9)11/h2-6H,11H2,1H3. The Morgan fingerprint density at radius 3 is 2.92 bits per heavy atom. The summed E-state index contributed by atoms with van der Waals surface area (Å²) in [5.74, 6) is 5.68. The molecule has 0 aliphatic heterocycles. The molecular weight excluding hydrogens is 164 g/mol. The van der Waals surface area contributed by atoms with Crippen LogP contribution < -0.4 is 5.84 Å². The Labute approximate surface area is 75.7 Å². The van der Waals surface area contributed by atoms with Gasteiger partial charge in [0, 0.05) is 17.1 Å². The Balaban J connectivity index is 2.96. The van der Waals surface area contributed by atoms with Crippen LogP contribution in [0.25, 0.3) is 10.9 Å². The number of carbonyl (C=O) groups is 1. The molecule has 0 amide bonds. The summed E-state index contributed by atoms with van der Waals surface area (Å²) in [6.07, 6.45) is 2.48. The fourth-order valence-corrected chi connectivity index (χ4v) is 1.62. The Morgan fingerprint density at radius 2 is 2.23 bits per heavy atom. The summed E-state index contributed by atoms with van der Waals surface area (Å²) in [6, 6.07) is 5.79. The van der Waals surface area contributed by atoms with Gasteiger partial charge in [0.05, 0.1) is 5.52 Å². The molecule has 1 aromatic carbocycles. The summed E-state index contributed by atoms with van der Waals surface area (Å²) in [7, 11) is 0. The molecule has 0 atom stereocenters. The highest BCUT2D eigenvalue weighted by molar-refractivity contribution is 5.99. The maximum absolute atomic E-state index is 10.7. The number of nitrogens with two attached hydrogens (primary N) is 1.